The third kappa shape index (κ3) is 3.77. The van der Waals surface area contributed by atoms with Gasteiger partial charge in [-0.1, -0.05) is 0 Å². The second kappa shape index (κ2) is 7.26. The van der Waals surface area contributed by atoms with E-state index in [2.05, 4.69) is 72.5 Å². The molecule has 0 amide bonds. The third-order valence-electron chi connectivity index (χ3n) is 4.35. The maximum absolute atomic E-state index is 2.72. The van der Waals surface area contributed by atoms with Crippen LogP contribution >= 0.6 is 0 Å². The number of likely N-dealkylation sites (tertiary alicyclic amines) is 1. The summed E-state index contributed by atoms with van der Waals surface area (Å²) in [5, 5.41) is 1.35. The standard InChI is InChI=1S/C19H23NSe/c1-2-17-13-18(15-21-19-11-7-4-8-12-19)20(17)14-16-9-5-3-6-10-16/h3-12,17-18H,2,13-15H2,1H3/t17-,18-/m0/s1. The molecule has 2 aromatic carbocycles. The molecule has 0 N–H and O–H groups in total. The van der Waals surface area contributed by atoms with Crippen LogP contribution in [0.1, 0.15) is 25.3 Å². The van der Waals surface area contributed by atoms with Crippen molar-refractivity contribution in [2.75, 3.05) is 0 Å². The quantitative estimate of drug-likeness (QED) is 0.725. The molecule has 0 aromatic heterocycles. The van der Waals surface area contributed by atoms with Crippen molar-refractivity contribution in [3.8, 4) is 0 Å². The van der Waals surface area contributed by atoms with Gasteiger partial charge in [0.05, 0.1) is 0 Å². The normalized spacial score (nSPS) is 22.0. The van der Waals surface area contributed by atoms with Gasteiger partial charge < -0.3 is 0 Å². The van der Waals surface area contributed by atoms with Crippen molar-refractivity contribution in [2.45, 2.75) is 43.7 Å². The minimum atomic E-state index is 0.611. The van der Waals surface area contributed by atoms with Crippen LogP contribution in [0.15, 0.2) is 60.7 Å². The fraction of sp³-hybridized carbons (Fsp3) is 0.368. The molecule has 1 nitrogen and oxygen atoms in total. The molecule has 0 aliphatic carbocycles. The van der Waals surface area contributed by atoms with E-state index in [1.54, 1.807) is 0 Å². The molecular weight excluding hydrogens is 321 g/mol. The molecule has 1 aliphatic heterocycles. The molecule has 0 saturated carbocycles. The average Bonchev–Trinajstić information content (AvgIpc) is 2.54. The van der Waals surface area contributed by atoms with Gasteiger partial charge in [-0.2, -0.15) is 0 Å². The molecule has 2 aromatic rings. The first-order chi connectivity index (χ1) is 10.4. The van der Waals surface area contributed by atoms with Crippen molar-refractivity contribution in [3.63, 3.8) is 0 Å². The Balaban J connectivity index is 1.57. The van der Waals surface area contributed by atoms with Crippen LogP contribution in [0.25, 0.3) is 0 Å². The van der Waals surface area contributed by atoms with Gasteiger partial charge in [-0.05, 0) is 0 Å². The minimum absolute atomic E-state index is 0.611. The van der Waals surface area contributed by atoms with Crippen LogP contribution in [0.5, 0.6) is 0 Å². The Kier molecular flexibility index (Phi) is 5.13. The Bertz CT molecular complexity index is 540. The summed E-state index contributed by atoms with van der Waals surface area (Å²) in [6, 6.07) is 23.5. The van der Waals surface area contributed by atoms with Crippen molar-refractivity contribution >= 4 is 19.4 Å². The summed E-state index contributed by atoms with van der Waals surface area (Å²) in [6.07, 6.45) is 2.67. The predicted molar refractivity (Wildman–Crippen MR) is 91.1 cm³/mol. The van der Waals surface area contributed by atoms with E-state index in [4.69, 9.17) is 0 Å². The van der Waals surface area contributed by atoms with Gasteiger partial charge >= 0.3 is 134 Å². The monoisotopic (exact) mass is 345 g/mol. The van der Waals surface area contributed by atoms with Gasteiger partial charge in [0.1, 0.15) is 0 Å². The second-order valence-electron chi connectivity index (χ2n) is 5.73. The molecule has 0 spiro atoms. The summed E-state index contributed by atoms with van der Waals surface area (Å²) in [5.41, 5.74) is 1.45. The maximum atomic E-state index is 2.72. The second-order valence-corrected chi connectivity index (χ2v) is 8.03. The number of hydrogen-bond donors (Lipinski definition) is 0. The van der Waals surface area contributed by atoms with Crippen LogP contribution in [0, 0.1) is 0 Å². The van der Waals surface area contributed by atoms with Crippen molar-refractivity contribution in [3.05, 3.63) is 66.2 Å². The zero-order chi connectivity index (χ0) is 14.5. The van der Waals surface area contributed by atoms with E-state index in [1.165, 1.54) is 28.2 Å². The van der Waals surface area contributed by atoms with E-state index in [9.17, 15) is 0 Å². The summed E-state index contributed by atoms with van der Waals surface area (Å²) >= 11 is 0.611. The summed E-state index contributed by atoms with van der Waals surface area (Å²) < 4.78 is 1.53. The van der Waals surface area contributed by atoms with Gasteiger partial charge in [0.25, 0.3) is 0 Å². The van der Waals surface area contributed by atoms with E-state index in [1.807, 2.05) is 0 Å². The summed E-state index contributed by atoms with van der Waals surface area (Å²) in [6.45, 7) is 3.44. The number of benzene rings is 2. The first kappa shape index (κ1) is 14.8. The molecule has 2 atom stereocenters. The summed E-state index contributed by atoms with van der Waals surface area (Å²) in [5.74, 6) is 0. The topological polar surface area (TPSA) is 3.24 Å². The van der Waals surface area contributed by atoms with Gasteiger partial charge in [0.15, 0.2) is 0 Å². The van der Waals surface area contributed by atoms with E-state index in [-0.39, 0.29) is 0 Å². The van der Waals surface area contributed by atoms with Gasteiger partial charge in [-0.25, -0.2) is 0 Å². The molecule has 1 saturated heterocycles. The molecule has 0 radical (unpaired) electrons. The zero-order valence-corrected chi connectivity index (χ0v) is 14.3. The molecule has 3 rings (SSSR count). The fourth-order valence-corrected chi connectivity index (χ4v) is 5.30. The Morgan fingerprint density at radius 3 is 2.29 bits per heavy atom. The Hall–Kier alpha value is -1.08. The number of hydrogen-bond acceptors (Lipinski definition) is 1. The Labute approximate surface area is 134 Å². The van der Waals surface area contributed by atoms with E-state index in [0.717, 1.165) is 18.6 Å². The van der Waals surface area contributed by atoms with Crippen LogP contribution in [0.4, 0.5) is 0 Å². The number of nitrogens with zero attached hydrogens (tertiary/aromatic N) is 1. The fourth-order valence-electron chi connectivity index (χ4n) is 3.07. The molecule has 0 unspecified atom stereocenters. The summed E-state index contributed by atoms with van der Waals surface area (Å²) in [7, 11) is 0. The first-order valence-corrected chi connectivity index (χ1v) is 9.91. The Morgan fingerprint density at radius 2 is 1.62 bits per heavy atom. The van der Waals surface area contributed by atoms with Crippen molar-refractivity contribution < 1.29 is 0 Å². The van der Waals surface area contributed by atoms with Crippen LogP contribution in [-0.2, 0) is 6.54 Å². The number of rotatable bonds is 6. The molecule has 2 heteroatoms. The van der Waals surface area contributed by atoms with Gasteiger partial charge in [0, 0.05) is 0 Å². The zero-order valence-electron chi connectivity index (χ0n) is 12.6. The molecule has 110 valence electrons. The van der Waals surface area contributed by atoms with Crippen LogP contribution in [0.3, 0.4) is 0 Å². The van der Waals surface area contributed by atoms with Crippen LogP contribution in [-0.4, -0.2) is 31.9 Å². The van der Waals surface area contributed by atoms with E-state index >= 15 is 0 Å². The van der Waals surface area contributed by atoms with Gasteiger partial charge in [0.2, 0.25) is 0 Å². The predicted octanol–water partition coefficient (Wildman–Crippen LogP) is 3.49. The Morgan fingerprint density at radius 1 is 0.952 bits per heavy atom. The molecule has 1 heterocycles. The average molecular weight is 344 g/mol. The summed E-state index contributed by atoms with van der Waals surface area (Å²) in [4.78, 5) is 2.72. The van der Waals surface area contributed by atoms with Crippen molar-refractivity contribution in [1.29, 1.82) is 0 Å². The van der Waals surface area contributed by atoms with Gasteiger partial charge in [-0.3, -0.25) is 0 Å². The van der Waals surface area contributed by atoms with Crippen molar-refractivity contribution in [2.24, 2.45) is 0 Å². The van der Waals surface area contributed by atoms with Crippen LogP contribution in [0.2, 0.25) is 5.32 Å². The molecule has 0 bridgehead atoms. The first-order valence-electron chi connectivity index (χ1n) is 7.84. The molecular formula is C19H23NSe. The molecule has 1 fully saturated rings. The molecule has 1 aliphatic rings. The van der Waals surface area contributed by atoms with E-state index < -0.39 is 0 Å². The van der Waals surface area contributed by atoms with Gasteiger partial charge in [-0.15, -0.1) is 0 Å². The molecule has 21 heavy (non-hydrogen) atoms. The van der Waals surface area contributed by atoms with Crippen LogP contribution < -0.4 is 4.46 Å². The SMILES string of the molecule is CC[C@H]1C[C@@H](C[Se]c2ccccc2)N1Cc1ccccc1. The third-order valence-corrected chi connectivity index (χ3v) is 6.77. The van der Waals surface area contributed by atoms with E-state index in [0.29, 0.717) is 15.0 Å². The van der Waals surface area contributed by atoms with Crippen molar-refractivity contribution in [1.82, 2.24) is 4.90 Å².